The number of benzene rings is 3. The highest BCUT2D eigenvalue weighted by Gasteiger charge is 2.21. The van der Waals surface area contributed by atoms with E-state index < -0.39 is 0 Å². The van der Waals surface area contributed by atoms with Crippen molar-refractivity contribution in [2.45, 2.75) is 39.0 Å². The van der Waals surface area contributed by atoms with Gasteiger partial charge in [0.1, 0.15) is 0 Å². The summed E-state index contributed by atoms with van der Waals surface area (Å²) < 4.78 is 28.0. The molecule has 0 aliphatic heterocycles. The van der Waals surface area contributed by atoms with Gasteiger partial charge in [0.2, 0.25) is 11.5 Å². The molecule has 3 rings (SSSR count). The molecule has 0 aliphatic carbocycles. The number of rotatable bonds is 11. The first-order valence-electron chi connectivity index (χ1n) is 11.5. The molecule has 2 N–H and O–H groups in total. The molecule has 3 aromatic rings. The first-order chi connectivity index (χ1) is 16.8. The molecule has 0 radical (unpaired) electrons. The molecule has 0 aromatic heterocycles. The van der Waals surface area contributed by atoms with Gasteiger partial charge in [-0.15, -0.1) is 0 Å². The van der Waals surface area contributed by atoms with Gasteiger partial charge in [0.15, 0.2) is 34.5 Å². The van der Waals surface area contributed by atoms with Gasteiger partial charge in [0.05, 0.1) is 28.4 Å². The van der Waals surface area contributed by atoms with Gasteiger partial charge in [-0.1, -0.05) is 26.3 Å². The molecule has 3 aromatic carbocycles. The lowest BCUT2D eigenvalue weighted by Crippen LogP contribution is -2.02. The summed E-state index contributed by atoms with van der Waals surface area (Å²) in [5.74, 6) is 2.38. The van der Waals surface area contributed by atoms with E-state index in [0.717, 1.165) is 29.5 Å². The molecule has 0 amide bonds. The van der Waals surface area contributed by atoms with E-state index in [1.54, 1.807) is 32.4 Å². The van der Waals surface area contributed by atoms with Crippen LogP contribution in [0.5, 0.6) is 46.0 Å². The molecule has 1 unspecified atom stereocenters. The van der Waals surface area contributed by atoms with Crippen molar-refractivity contribution in [3.63, 3.8) is 0 Å². The van der Waals surface area contributed by atoms with Crippen LogP contribution >= 0.6 is 0 Å². The number of aryl methyl sites for hydroxylation is 1. The summed E-state index contributed by atoms with van der Waals surface area (Å²) in [4.78, 5) is 0. The van der Waals surface area contributed by atoms with Gasteiger partial charge in [0, 0.05) is 0 Å². The van der Waals surface area contributed by atoms with Crippen molar-refractivity contribution in [1.82, 2.24) is 0 Å². The lowest BCUT2D eigenvalue weighted by Gasteiger charge is -2.20. The largest absolute Gasteiger partial charge is 0.504 e. The van der Waals surface area contributed by atoms with Crippen molar-refractivity contribution in [1.29, 1.82) is 0 Å². The predicted molar refractivity (Wildman–Crippen MR) is 135 cm³/mol. The van der Waals surface area contributed by atoms with Crippen LogP contribution in [0.15, 0.2) is 42.5 Å². The van der Waals surface area contributed by atoms with E-state index in [2.05, 4.69) is 13.8 Å². The SMILES string of the molecule is CCCc1cc(OC)c(Oc2cc(C(C)Cc3ccc(O)c(OC)c3)cc(OC)c2O)c(OC)c1. The molecular formula is C28H34O7. The second kappa shape index (κ2) is 11.6. The van der Waals surface area contributed by atoms with Gasteiger partial charge < -0.3 is 33.9 Å². The smallest absolute Gasteiger partial charge is 0.211 e. The fourth-order valence-corrected chi connectivity index (χ4v) is 4.02. The van der Waals surface area contributed by atoms with E-state index in [9.17, 15) is 10.2 Å². The summed E-state index contributed by atoms with van der Waals surface area (Å²) in [6.07, 6.45) is 2.53. The minimum atomic E-state index is -0.114. The number of methoxy groups -OCH3 is 4. The summed E-state index contributed by atoms with van der Waals surface area (Å²) in [7, 11) is 6.16. The molecule has 7 nitrogen and oxygen atoms in total. The number of aromatic hydroxyl groups is 2. The maximum Gasteiger partial charge on any atom is 0.211 e. The fraction of sp³-hybridized carbons (Fsp3) is 0.357. The standard InChI is InChI=1S/C28H34O7/c1-7-8-18-13-25(33-5)28(26(14-18)34-6)35-24-16-20(15-23(32-4)27(24)30)17(2)11-19-9-10-21(29)22(12-19)31-3/h9-10,12-17,29-30H,7-8,11H2,1-6H3. The Morgan fingerprint density at radius 1 is 0.714 bits per heavy atom. The second-order valence-corrected chi connectivity index (χ2v) is 8.36. The highest BCUT2D eigenvalue weighted by atomic mass is 16.5. The minimum Gasteiger partial charge on any atom is -0.504 e. The topological polar surface area (TPSA) is 86.6 Å². The van der Waals surface area contributed by atoms with Crippen LogP contribution in [0.1, 0.15) is 42.9 Å². The Balaban J connectivity index is 1.99. The van der Waals surface area contributed by atoms with Crippen molar-refractivity contribution in [3.8, 4) is 46.0 Å². The van der Waals surface area contributed by atoms with Gasteiger partial charge in [-0.2, -0.15) is 0 Å². The molecule has 7 heteroatoms. The summed E-state index contributed by atoms with van der Waals surface area (Å²) in [5.41, 5.74) is 2.97. The Kier molecular flexibility index (Phi) is 8.58. The predicted octanol–water partition coefficient (Wildman–Crippen LogP) is 6.22. The molecule has 1 atom stereocenters. The van der Waals surface area contributed by atoms with Crippen molar-refractivity contribution < 1.29 is 33.9 Å². The molecule has 35 heavy (non-hydrogen) atoms. The fourth-order valence-electron chi connectivity index (χ4n) is 4.02. The first-order valence-corrected chi connectivity index (χ1v) is 11.5. The normalized spacial score (nSPS) is 11.6. The minimum absolute atomic E-state index is 0.0387. The van der Waals surface area contributed by atoms with Crippen LogP contribution in [0, 0.1) is 0 Å². The number of phenols is 2. The van der Waals surface area contributed by atoms with Crippen LogP contribution < -0.4 is 23.7 Å². The van der Waals surface area contributed by atoms with Crippen LogP contribution in [-0.4, -0.2) is 38.7 Å². The number of ether oxygens (including phenoxy) is 5. The van der Waals surface area contributed by atoms with E-state index >= 15 is 0 Å². The average Bonchev–Trinajstić information content (AvgIpc) is 2.86. The summed E-state index contributed by atoms with van der Waals surface area (Å²) in [6.45, 7) is 4.17. The zero-order valence-corrected chi connectivity index (χ0v) is 21.2. The summed E-state index contributed by atoms with van der Waals surface area (Å²) in [5, 5.41) is 20.7. The summed E-state index contributed by atoms with van der Waals surface area (Å²) in [6, 6.07) is 12.7. The van der Waals surface area contributed by atoms with Crippen LogP contribution in [-0.2, 0) is 12.8 Å². The molecule has 0 spiro atoms. The zero-order chi connectivity index (χ0) is 25.5. The van der Waals surface area contributed by atoms with Gasteiger partial charge in [0.25, 0.3) is 0 Å². The second-order valence-electron chi connectivity index (χ2n) is 8.36. The zero-order valence-electron chi connectivity index (χ0n) is 21.2. The lowest BCUT2D eigenvalue weighted by molar-refractivity contribution is 0.326. The van der Waals surface area contributed by atoms with Crippen LogP contribution in [0.4, 0.5) is 0 Å². The number of hydrogen-bond acceptors (Lipinski definition) is 7. The Morgan fingerprint density at radius 2 is 1.29 bits per heavy atom. The average molecular weight is 483 g/mol. The molecule has 188 valence electrons. The highest BCUT2D eigenvalue weighted by Crippen LogP contribution is 2.47. The van der Waals surface area contributed by atoms with Gasteiger partial charge in [-0.25, -0.2) is 0 Å². The number of hydrogen-bond donors (Lipinski definition) is 2. The van der Waals surface area contributed by atoms with E-state index in [1.165, 1.54) is 14.2 Å². The third-order valence-corrected chi connectivity index (χ3v) is 5.91. The number of phenolic OH excluding ortho intramolecular Hbond substituents is 2. The molecule has 0 bridgehead atoms. The van der Waals surface area contributed by atoms with E-state index in [4.69, 9.17) is 23.7 Å². The Labute approximate surface area is 206 Å². The van der Waals surface area contributed by atoms with Crippen molar-refractivity contribution in [2.24, 2.45) is 0 Å². The third-order valence-electron chi connectivity index (χ3n) is 5.91. The Morgan fingerprint density at radius 3 is 1.86 bits per heavy atom. The third kappa shape index (κ3) is 5.85. The van der Waals surface area contributed by atoms with Crippen LogP contribution in [0.3, 0.4) is 0 Å². The van der Waals surface area contributed by atoms with E-state index in [0.29, 0.717) is 35.2 Å². The quantitative estimate of drug-likeness (QED) is 0.335. The molecular weight excluding hydrogens is 448 g/mol. The van der Waals surface area contributed by atoms with Crippen LogP contribution in [0.2, 0.25) is 0 Å². The lowest BCUT2D eigenvalue weighted by atomic mass is 9.93. The summed E-state index contributed by atoms with van der Waals surface area (Å²) >= 11 is 0. The maximum absolute atomic E-state index is 10.8. The first kappa shape index (κ1) is 25.9. The van der Waals surface area contributed by atoms with Gasteiger partial charge in [-0.3, -0.25) is 0 Å². The Bertz CT molecular complexity index is 1130. The van der Waals surface area contributed by atoms with Gasteiger partial charge in [-0.05, 0) is 71.8 Å². The molecule has 0 aliphatic rings. The van der Waals surface area contributed by atoms with Crippen LogP contribution in [0.25, 0.3) is 0 Å². The monoisotopic (exact) mass is 482 g/mol. The molecule has 0 saturated heterocycles. The highest BCUT2D eigenvalue weighted by molar-refractivity contribution is 5.60. The van der Waals surface area contributed by atoms with E-state index in [-0.39, 0.29) is 23.2 Å². The van der Waals surface area contributed by atoms with Crippen molar-refractivity contribution in [2.75, 3.05) is 28.4 Å². The van der Waals surface area contributed by atoms with Gasteiger partial charge >= 0.3 is 0 Å². The maximum atomic E-state index is 10.8. The van der Waals surface area contributed by atoms with Crippen molar-refractivity contribution >= 4 is 0 Å². The molecule has 0 heterocycles. The van der Waals surface area contributed by atoms with Crippen molar-refractivity contribution in [3.05, 3.63) is 59.2 Å². The molecule has 0 fully saturated rings. The van der Waals surface area contributed by atoms with E-state index in [1.807, 2.05) is 24.3 Å². The molecule has 0 saturated carbocycles. The Hall–Kier alpha value is -3.74.